The van der Waals surface area contributed by atoms with Crippen molar-refractivity contribution in [3.63, 3.8) is 0 Å². The molecule has 0 aliphatic rings. The summed E-state index contributed by atoms with van der Waals surface area (Å²) in [5.74, 6) is -0.212. The van der Waals surface area contributed by atoms with Gasteiger partial charge in [0, 0.05) is 19.9 Å². The lowest BCUT2D eigenvalue weighted by Crippen LogP contribution is -2.21. The molecule has 4 nitrogen and oxygen atoms in total. The normalized spacial score (nSPS) is 12.1. The third kappa shape index (κ3) is 13.4. The van der Waals surface area contributed by atoms with Crippen molar-refractivity contribution in [2.75, 3.05) is 6.54 Å². The zero-order chi connectivity index (χ0) is 15.2. The van der Waals surface area contributed by atoms with Crippen molar-refractivity contribution in [2.45, 2.75) is 78.1 Å². The summed E-state index contributed by atoms with van der Waals surface area (Å²) >= 11 is 0. The number of carboxylic acid groups (broad SMARTS) is 1. The molecule has 2 N–H and O–H groups in total. The van der Waals surface area contributed by atoms with Gasteiger partial charge in [-0.2, -0.15) is 0 Å². The monoisotopic (exact) mass is 285 g/mol. The summed E-state index contributed by atoms with van der Waals surface area (Å²) in [5, 5.41) is 11.6. The van der Waals surface area contributed by atoms with Crippen molar-refractivity contribution < 1.29 is 14.7 Å². The predicted octanol–water partition coefficient (Wildman–Crippen LogP) is 3.74. The summed E-state index contributed by atoms with van der Waals surface area (Å²) in [5.41, 5.74) is 0. The number of carboxylic acids is 1. The van der Waals surface area contributed by atoms with Gasteiger partial charge in [-0.25, -0.2) is 0 Å². The minimum absolute atomic E-state index is 0.00616. The van der Waals surface area contributed by atoms with Crippen LogP contribution in [0.3, 0.4) is 0 Å². The third-order valence-corrected chi connectivity index (χ3v) is 3.65. The molecule has 0 aromatic heterocycles. The molecule has 1 unspecified atom stereocenters. The maximum atomic E-state index is 10.8. The SMILES string of the molecule is CCCCCCCC(CCCNC(C)=O)CCC(=O)O. The molecule has 4 heteroatoms. The molecule has 0 aliphatic heterocycles. The fraction of sp³-hybridized carbons (Fsp3) is 0.875. The Balaban J connectivity index is 3.81. The number of amides is 1. The molecule has 0 spiro atoms. The quantitative estimate of drug-likeness (QED) is 0.506. The van der Waals surface area contributed by atoms with E-state index in [2.05, 4.69) is 12.2 Å². The summed E-state index contributed by atoms with van der Waals surface area (Å²) in [6.07, 6.45) is 10.4. The highest BCUT2D eigenvalue weighted by Gasteiger charge is 2.10. The first-order valence-corrected chi connectivity index (χ1v) is 8.02. The first-order chi connectivity index (χ1) is 9.56. The smallest absolute Gasteiger partial charge is 0.303 e. The Morgan fingerprint density at radius 3 is 2.25 bits per heavy atom. The lowest BCUT2D eigenvalue weighted by molar-refractivity contribution is -0.137. The van der Waals surface area contributed by atoms with Gasteiger partial charge in [0.2, 0.25) is 5.91 Å². The van der Waals surface area contributed by atoms with E-state index in [1.165, 1.54) is 39.0 Å². The summed E-state index contributed by atoms with van der Waals surface area (Å²) in [6, 6.07) is 0. The van der Waals surface area contributed by atoms with Gasteiger partial charge in [0.15, 0.2) is 0 Å². The molecular weight excluding hydrogens is 254 g/mol. The fourth-order valence-corrected chi connectivity index (χ4v) is 2.45. The minimum atomic E-state index is -0.706. The van der Waals surface area contributed by atoms with E-state index in [-0.39, 0.29) is 12.3 Å². The Kier molecular flexibility index (Phi) is 12.3. The van der Waals surface area contributed by atoms with Crippen molar-refractivity contribution in [1.29, 1.82) is 0 Å². The molecule has 0 saturated heterocycles. The number of hydrogen-bond donors (Lipinski definition) is 2. The number of carbonyl (C=O) groups is 2. The van der Waals surface area contributed by atoms with Crippen molar-refractivity contribution in [3.05, 3.63) is 0 Å². The number of aliphatic carboxylic acids is 1. The average molecular weight is 285 g/mol. The van der Waals surface area contributed by atoms with Gasteiger partial charge in [-0.1, -0.05) is 45.4 Å². The van der Waals surface area contributed by atoms with Crippen LogP contribution in [0.2, 0.25) is 0 Å². The topological polar surface area (TPSA) is 66.4 Å². The molecular formula is C16H31NO3. The molecule has 0 radical (unpaired) electrons. The van der Waals surface area contributed by atoms with E-state index in [0.717, 1.165) is 25.7 Å². The molecule has 0 bridgehead atoms. The molecule has 118 valence electrons. The van der Waals surface area contributed by atoms with Crippen molar-refractivity contribution in [3.8, 4) is 0 Å². The van der Waals surface area contributed by atoms with E-state index in [1.807, 2.05) is 0 Å². The zero-order valence-electron chi connectivity index (χ0n) is 13.1. The highest BCUT2D eigenvalue weighted by molar-refractivity contribution is 5.72. The van der Waals surface area contributed by atoms with Gasteiger partial charge in [-0.15, -0.1) is 0 Å². The molecule has 1 atom stereocenters. The number of rotatable bonds is 13. The van der Waals surface area contributed by atoms with Gasteiger partial charge >= 0.3 is 5.97 Å². The maximum Gasteiger partial charge on any atom is 0.303 e. The van der Waals surface area contributed by atoms with Crippen LogP contribution < -0.4 is 5.32 Å². The number of carbonyl (C=O) groups excluding carboxylic acids is 1. The Hall–Kier alpha value is -1.06. The van der Waals surface area contributed by atoms with E-state index in [1.54, 1.807) is 0 Å². The number of nitrogens with one attached hydrogen (secondary N) is 1. The van der Waals surface area contributed by atoms with Crippen LogP contribution in [0.5, 0.6) is 0 Å². The first kappa shape index (κ1) is 18.9. The molecule has 20 heavy (non-hydrogen) atoms. The maximum absolute atomic E-state index is 10.8. The second-order valence-corrected chi connectivity index (χ2v) is 5.63. The summed E-state index contributed by atoms with van der Waals surface area (Å²) < 4.78 is 0. The second kappa shape index (κ2) is 12.9. The first-order valence-electron chi connectivity index (χ1n) is 8.02. The second-order valence-electron chi connectivity index (χ2n) is 5.63. The van der Waals surface area contributed by atoms with Gasteiger partial charge in [0.25, 0.3) is 0 Å². The highest BCUT2D eigenvalue weighted by Crippen LogP contribution is 2.21. The lowest BCUT2D eigenvalue weighted by atomic mass is 9.91. The molecule has 0 aromatic carbocycles. The zero-order valence-corrected chi connectivity index (χ0v) is 13.1. The summed E-state index contributed by atoms with van der Waals surface area (Å²) in [7, 11) is 0. The van der Waals surface area contributed by atoms with E-state index < -0.39 is 5.97 Å². The Morgan fingerprint density at radius 1 is 1.00 bits per heavy atom. The molecule has 0 saturated carbocycles. The molecule has 0 fully saturated rings. The van der Waals surface area contributed by atoms with Crippen LogP contribution >= 0.6 is 0 Å². The predicted molar refractivity (Wildman–Crippen MR) is 81.7 cm³/mol. The fourth-order valence-electron chi connectivity index (χ4n) is 2.45. The van der Waals surface area contributed by atoms with Crippen LogP contribution in [-0.2, 0) is 9.59 Å². The number of unbranched alkanes of at least 4 members (excludes halogenated alkanes) is 4. The van der Waals surface area contributed by atoms with Gasteiger partial charge in [0.1, 0.15) is 0 Å². The largest absolute Gasteiger partial charge is 0.481 e. The van der Waals surface area contributed by atoms with Crippen LogP contribution in [0.15, 0.2) is 0 Å². The van der Waals surface area contributed by atoms with Gasteiger partial charge in [-0.3, -0.25) is 9.59 Å². The van der Waals surface area contributed by atoms with E-state index >= 15 is 0 Å². The van der Waals surface area contributed by atoms with Crippen LogP contribution in [0.1, 0.15) is 78.1 Å². The van der Waals surface area contributed by atoms with Crippen molar-refractivity contribution in [1.82, 2.24) is 5.32 Å². The van der Waals surface area contributed by atoms with Gasteiger partial charge in [0.05, 0.1) is 0 Å². The molecule has 0 aliphatic carbocycles. The molecule has 0 aromatic rings. The number of hydrogen-bond acceptors (Lipinski definition) is 2. The molecule has 0 heterocycles. The lowest BCUT2D eigenvalue weighted by Gasteiger charge is -2.16. The van der Waals surface area contributed by atoms with Gasteiger partial charge < -0.3 is 10.4 Å². The van der Waals surface area contributed by atoms with Crippen molar-refractivity contribution in [2.24, 2.45) is 5.92 Å². The van der Waals surface area contributed by atoms with E-state index in [0.29, 0.717) is 12.5 Å². The van der Waals surface area contributed by atoms with E-state index in [9.17, 15) is 9.59 Å². The summed E-state index contributed by atoms with van der Waals surface area (Å²) in [6.45, 7) is 4.43. The van der Waals surface area contributed by atoms with Crippen LogP contribution in [0, 0.1) is 5.92 Å². The van der Waals surface area contributed by atoms with Crippen LogP contribution in [0.4, 0.5) is 0 Å². The molecule has 0 rings (SSSR count). The average Bonchev–Trinajstić information content (AvgIpc) is 2.39. The van der Waals surface area contributed by atoms with Crippen molar-refractivity contribution >= 4 is 11.9 Å². The Bertz CT molecular complexity index is 266. The Labute approximate surface area is 123 Å². The van der Waals surface area contributed by atoms with Crippen LogP contribution in [0.25, 0.3) is 0 Å². The standard InChI is InChI=1S/C16H31NO3/c1-3-4-5-6-7-9-15(11-12-16(19)20)10-8-13-17-14(2)18/h15H,3-13H2,1-2H3,(H,17,18)(H,19,20). The van der Waals surface area contributed by atoms with Crippen LogP contribution in [-0.4, -0.2) is 23.5 Å². The Morgan fingerprint density at radius 2 is 1.65 bits per heavy atom. The third-order valence-electron chi connectivity index (χ3n) is 3.65. The van der Waals surface area contributed by atoms with E-state index in [4.69, 9.17) is 5.11 Å². The summed E-state index contributed by atoms with van der Waals surface area (Å²) in [4.78, 5) is 21.5. The molecule has 1 amide bonds. The van der Waals surface area contributed by atoms with Gasteiger partial charge in [-0.05, 0) is 25.2 Å². The highest BCUT2D eigenvalue weighted by atomic mass is 16.4. The minimum Gasteiger partial charge on any atom is -0.481 e.